The summed E-state index contributed by atoms with van der Waals surface area (Å²) in [6.45, 7) is 4.75. The van der Waals surface area contributed by atoms with E-state index >= 15 is 0 Å². The Morgan fingerprint density at radius 2 is 2.30 bits per heavy atom. The molecule has 1 saturated heterocycles. The highest BCUT2D eigenvalue weighted by Crippen LogP contribution is 2.35. The van der Waals surface area contributed by atoms with Gasteiger partial charge in [-0.3, -0.25) is 4.79 Å². The van der Waals surface area contributed by atoms with Gasteiger partial charge < -0.3 is 10.1 Å². The van der Waals surface area contributed by atoms with Crippen molar-refractivity contribution in [2.75, 3.05) is 26.3 Å². The van der Waals surface area contributed by atoms with Crippen LogP contribution in [0.1, 0.15) is 23.7 Å². The molecule has 0 radical (unpaired) electrons. The van der Waals surface area contributed by atoms with E-state index in [4.69, 9.17) is 4.74 Å². The number of carbonyl (C=O) groups is 1. The van der Waals surface area contributed by atoms with E-state index in [1.807, 2.05) is 30.5 Å². The molecule has 1 aromatic heterocycles. The molecule has 1 aromatic carbocycles. The Labute approximate surface area is 122 Å². The maximum absolute atomic E-state index is 13.0. The molecule has 1 unspecified atom stereocenters. The van der Waals surface area contributed by atoms with Gasteiger partial charge in [-0.2, -0.15) is 0 Å². The van der Waals surface area contributed by atoms with Crippen LogP contribution in [0.2, 0.25) is 0 Å². The topological polar surface area (TPSA) is 38.3 Å². The molecule has 2 aromatic rings. The van der Waals surface area contributed by atoms with Crippen LogP contribution in [0.5, 0.6) is 0 Å². The van der Waals surface area contributed by atoms with Gasteiger partial charge in [0.25, 0.3) is 0 Å². The summed E-state index contributed by atoms with van der Waals surface area (Å²) in [4.78, 5) is 13.0. The maximum Gasteiger partial charge on any atom is 0.174 e. The number of hydrogen-bond donors (Lipinski definition) is 1. The van der Waals surface area contributed by atoms with E-state index in [2.05, 4.69) is 11.4 Å². The first kappa shape index (κ1) is 13.7. The SMILES string of the molecule is CCOCC1(C(=O)c2csc3ccccc23)CCNC1. The van der Waals surface area contributed by atoms with Gasteiger partial charge in [-0.15, -0.1) is 11.3 Å². The van der Waals surface area contributed by atoms with Gasteiger partial charge >= 0.3 is 0 Å². The lowest BCUT2D eigenvalue weighted by molar-refractivity contribution is 0.0468. The summed E-state index contributed by atoms with van der Waals surface area (Å²) in [5.41, 5.74) is 0.467. The highest BCUT2D eigenvalue weighted by atomic mass is 32.1. The molecule has 0 amide bonds. The van der Waals surface area contributed by atoms with Crippen molar-refractivity contribution in [3.63, 3.8) is 0 Å². The van der Waals surface area contributed by atoms with Crippen molar-refractivity contribution in [1.29, 1.82) is 0 Å². The normalized spacial score (nSPS) is 22.4. The number of ether oxygens (including phenoxy) is 1. The average molecular weight is 289 g/mol. The van der Waals surface area contributed by atoms with Gasteiger partial charge in [0, 0.05) is 34.2 Å². The molecule has 0 spiro atoms. The number of rotatable bonds is 5. The van der Waals surface area contributed by atoms with Crippen molar-refractivity contribution < 1.29 is 9.53 Å². The van der Waals surface area contributed by atoms with Crippen LogP contribution in [0.15, 0.2) is 29.6 Å². The summed E-state index contributed by atoms with van der Waals surface area (Å²) in [6, 6.07) is 8.11. The van der Waals surface area contributed by atoms with Crippen LogP contribution in [-0.2, 0) is 4.74 Å². The smallest absolute Gasteiger partial charge is 0.174 e. The number of benzene rings is 1. The molecule has 2 heterocycles. The number of ketones is 1. The van der Waals surface area contributed by atoms with Gasteiger partial charge in [-0.1, -0.05) is 18.2 Å². The molecule has 106 valence electrons. The van der Waals surface area contributed by atoms with E-state index in [1.165, 1.54) is 4.70 Å². The second-order valence-corrected chi connectivity index (χ2v) is 6.23. The molecule has 0 aliphatic carbocycles. The van der Waals surface area contributed by atoms with Crippen molar-refractivity contribution >= 4 is 27.2 Å². The molecule has 1 aliphatic rings. The van der Waals surface area contributed by atoms with Gasteiger partial charge in [-0.05, 0) is 26.0 Å². The molecule has 3 nitrogen and oxygen atoms in total. The van der Waals surface area contributed by atoms with E-state index in [9.17, 15) is 4.79 Å². The van der Waals surface area contributed by atoms with Crippen LogP contribution in [0, 0.1) is 5.41 Å². The number of thiophene rings is 1. The van der Waals surface area contributed by atoms with Crippen molar-refractivity contribution in [3.8, 4) is 0 Å². The zero-order valence-electron chi connectivity index (χ0n) is 11.6. The summed E-state index contributed by atoms with van der Waals surface area (Å²) in [7, 11) is 0. The molecule has 20 heavy (non-hydrogen) atoms. The van der Waals surface area contributed by atoms with Gasteiger partial charge in [0.15, 0.2) is 5.78 Å². The van der Waals surface area contributed by atoms with Gasteiger partial charge in [0.05, 0.1) is 12.0 Å². The quantitative estimate of drug-likeness (QED) is 0.860. The Balaban J connectivity index is 1.97. The standard InChI is InChI=1S/C16H19NO2S/c1-2-19-11-16(7-8-17-10-16)15(18)13-9-20-14-6-4-3-5-12(13)14/h3-6,9,17H,2,7-8,10-11H2,1H3. The molecular formula is C16H19NO2S. The average Bonchev–Trinajstić information content (AvgIpc) is 3.12. The fourth-order valence-corrected chi connectivity index (χ4v) is 3.80. The minimum Gasteiger partial charge on any atom is -0.381 e. The van der Waals surface area contributed by atoms with Crippen LogP contribution in [0.25, 0.3) is 10.1 Å². The zero-order chi connectivity index (χ0) is 14.0. The van der Waals surface area contributed by atoms with E-state index in [1.54, 1.807) is 11.3 Å². The van der Waals surface area contributed by atoms with Gasteiger partial charge in [0.1, 0.15) is 0 Å². The molecular weight excluding hydrogens is 270 g/mol. The number of Topliss-reactive ketones (excluding diaryl/α,β-unsaturated/α-hetero) is 1. The summed E-state index contributed by atoms with van der Waals surface area (Å²) in [5.74, 6) is 0.230. The number of fused-ring (bicyclic) bond motifs is 1. The summed E-state index contributed by atoms with van der Waals surface area (Å²) in [6.07, 6.45) is 0.857. The fourth-order valence-electron chi connectivity index (χ4n) is 2.86. The van der Waals surface area contributed by atoms with Crippen LogP contribution < -0.4 is 5.32 Å². The lowest BCUT2D eigenvalue weighted by Gasteiger charge is -2.26. The Hall–Kier alpha value is -1.23. The molecule has 1 N–H and O–H groups in total. The van der Waals surface area contributed by atoms with E-state index in [0.717, 1.165) is 30.5 Å². The van der Waals surface area contributed by atoms with Crippen LogP contribution >= 0.6 is 11.3 Å². The molecule has 1 fully saturated rings. The monoisotopic (exact) mass is 289 g/mol. The first-order chi connectivity index (χ1) is 9.77. The molecule has 0 saturated carbocycles. The lowest BCUT2D eigenvalue weighted by atomic mass is 9.80. The van der Waals surface area contributed by atoms with E-state index in [0.29, 0.717) is 13.2 Å². The molecule has 1 atom stereocenters. The molecule has 4 heteroatoms. The number of hydrogen-bond acceptors (Lipinski definition) is 4. The second kappa shape index (κ2) is 5.64. The first-order valence-corrected chi connectivity index (χ1v) is 7.94. The number of carbonyl (C=O) groups excluding carboxylic acids is 1. The number of nitrogens with one attached hydrogen (secondary N) is 1. The third-order valence-corrected chi connectivity index (χ3v) is 5.00. The highest BCUT2D eigenvalue weighted by molar-refractivity contribution is 7.17. The summed E-state index contributed by atoms with van der Waals surface area (Å²) in [5, 5.41) is 6.39. The summed E-state index contributed by atoms with van der Waals surface area (Å²) >= 11 is 1.64. The third-order valence-electron chi connectivity index (χ3n) is 4.03. The Bertz CT molecular complexity index is 614. The predicted molar refractivity (Wildman–Crippen MR) is 82.6 cm³/mol. The van der Waals surface area contributed by atoms with Crippen LogP contribution in [0.3, 0.4) is 0 Å². The zero-order valence-corrected chi connectivity index (χ0v) is 12.5. The second-order valence-electron chi connectivity index (χ2n) is 5.32. The van der Waals surface area contributed by atoms with Crippen LogP contribution in [0.4, 0.5) is 0 Å². The molecule has 0 bridgehead atoms. The van der Waals surface area contributed by atoms with E-state index < -0.39 is 0 Å². The van der Waals surface area contributed by atoms with Crippen LogP contribution in [-0.4, -0.2) is 32.1 Å². The Kier molecular flexibility index (Phi) is 3.87. The first-order valence-electron chi connectivity index (χ1n) is 7.06. The fraction of sp³-hybridized carbons (Fsp3) is 0.438. The van der Waals surface area contributed by atoms with Crippen molar-refractivity contribution in [2.24, 2.45) is 5.41 Å². The third kappa shape index (κ3) is 2.28. The van der Waals surface area contributed by atoms with Gasteiger partial charge in [0.2, 0.25) is 0 Å². The van der Waals surface area contributed by atoms with Gasteiger partial charge in [-0.25, -0.2) is 0 Å². The highest BCUT2D eigenvalue weighted by Gasteiger charge is 2.42. The van der Waals surface area contributed by atoms with Crippen molar-refractivity contribution in [1.82, 2.24) is 5.32 Å². The summed E-state index contributed by atoms with van der Waals surface area (Å²) < 4.78 is 6.77. The minimum absolute atomic E-state index is 0.230. The molecule has 3 rings (SSSR count). The minimum atomic E-state index is -0.389. The maximum atomic E-state index is 13.0. The predicted octanol–water partition coefficient (Wildman–Crippen LogP) is 3.10. The van der Waals surface area contributed by atoms with Crippen molar-refractivity contribution in [3.05, 3.63) is 35.2 Å². The van der Waals surface area contributed by atoms with Crippen molar-refractivity contribution in [2.45, 2.75) is 13.3 Å². The van der Waals surface area contributed by atoms with E-state index in [-0.39, 0.29) is 11.2 Å². The largest absolute Gasteiger partial charge is 0.381 e. The lowest BCUT2D eigenvalue weighted by Crippen LogP contribution is -2.38. The Morgan fingerprint density at radius 1 is 1.45 bits per heavy atom. The Morgan fingerprint density at radius 3 is 3.05 bits per heavy atom. The molecule has 1 aliphatic heterocycles.